The predicted molar refractivity (Wildman–Crippen MR) is 129 cm³/mol. The van der Waals surface area contributed by atoms with Gasteiger partial charge in [0.15, 0.2) is 0 Å². The molecule has 0 radical (unpaired) electrons. The SMILES string of the molecule is Cc1ccc(CSCC(=O)N(Cc2cccc(Cl)c2)[C@H](C)C(=O)NC2CCCC2)cc1. The molecule has 1 aliphatic carbocycles. The zero-order chi connectivity index (χ0) is 22.2. The molecule has 0 saturated heterocycles. The van der Waals surface area contributed by atoms with Crippen molar-refractivity contribution in [3.8, 4) is 0 Å². The molecule has 1 atom stereocenters. The summed E-state index contributed by atoms with van der Waals surface area (Å²) in [6, 6.07) is 15.5. The number of carbonyl (C=O) groups is 2. The number of aryl methyl sites for hydroxylation is 1. The number of nitrogens with zero attached hydrogens (tertiary/aromatic N) is 1. The summed E-state index contributed by atoms with van der Waals surface area (Å²) in [7, 11) is 0. The van der Waals surface area contributed by atoms with Gasteiger partial charge in [0.05, 0.1) is 5.75 Å². The Bertz CT molecular complexity index is 881. The normalized spacial score (nSPS) is 14.9. The van der Waals surface area contributed by atoms with Crippen LogP contribution < -0.4 is 5.32 Å². The van der Waals surface area contributed by atoms with Crippen molar-refractivity contribution in [1.29, 1.82) is 0 Å². The van der Waals surface area contributed by atoms with Crippen LogP contribution in [0.25, 0.3) is 0 Å². The minimum atomic E-state index is -0.535. The van der Waals surface area contributed by atoms with Crippen molar-refractivity contribution >= 4 is 35.2 Å². The van der Waals surface area contributed by atoms with Crippen LogP contribution in [0.4, 0.5) is 0 Å². The van der Waals surface area contributed by atoms with E-state index < -0.39 is 6.04 Å². The first kappa shape index (κ1) is 23.7. The van der Waals surface area contributed by atoms with Gasteiger partial charge in [-0.3, -0.25) is 9.59 Å². The molecule has 6 heteroatoms. The van der Waals surface area contributed by atoms with Gasteiger partial charge in [0.1, 0.15) is 6.04 Å². The monoisotopic (exact) mass is 458 g/mol. The van der Waals surface area contributed by atoms with E-state index in [1.54, 1.807) is 16.7 Å². The summed E-state index contributed by atoms with van der Waals surface area (Å²) in [5, 5.41) is 3.76. The number of halogens is 1. The Kier molecular flexibility index (Phi) is 8.85. The molecule has 3 rings (SSSR count). The summed E-state index contributed by atoms with van der Waals surface area (Å²) >= 11 is 7.71. The van der Waals surface area contributed by atoms with E-state index in [1.165, 1.54) is 11.1 Å². The smallest absolute Gasteiger partial charge is 0.242 e. The van der Waals surface area contributed by atoms with E-state index in [2.05, 4.69) is 36.5 Å². The van der Waals surface area contributed by atoms with Gasteiger partial charge in [0.25, 0.3) is 0 Å². The minimum Gasteiger partial charge on any atom is -0.352 e. The van der Waals surface area contributed by atoms with Gasteiger partial charge in [-0.05, 0) is 49.9 Å². The number of hydrogen-bond donors (Lipinski definition) is 1. The number of thioether (sulfide) groups is 1. The highest BCUT2D eigenvalue weighted by Crippen LogP contribution is 2.20. The van der Waals surface area contributed by atoms with Crippen LogP contribution >= 0.6 is 23.4 Å². The average molecular weight is 459 g/mol. The Morgan fingerprint density at radius 1 is 1.13 bits per heavy atom. The third-order valence-corrected chi connectivity index (χ3v) is 6.95. The lowest BCUT2D eigenvalue weighted by Crippen LogP contribution is -2.50. The molecule has 1 N–H and O–H groups in total. The van der Waals surface area contributed by atoms with E-state index in [1.807, 2.05) is 31.2 Å². The molecule has 0 unspecified atom stereocenters. The van der Waals surface area contributed by atoms with Crippen LogP contribution in [0.5, 0.6) is 0 Å². The third kappa shape index (κ3) is 7.29. The van der Waals surface area contributed by atoms with Crippen LogP contribution in [0.1, 0.15) is 49.3 Å². The number of carbonyl (C=O) groups excluding carboxylic acids is 2. The van der Waals surface area contributed by atoms with Gasteiger partial charge in [-0.25, -0.2) is 0 Å². The Hall–Kier alpha value is -1.98. The molecule has 4 nitrogen and oxygen atoms in total. The maximum absolute atomic E-state index is 13.2. The van der Waals surface area contributed by atoms with Crippen molar-refractivity contribution < 1.29 is 9.59 Å². The summed E-state index contributed by atoms with van der Waals surface area (Å²) in [6.45, 7) is 4.24. The molecule has 0 heterocycles. The van der Waals surface area contributed by atoms with E-state index in [0.29, 0.717) is 17.3 Å². The second kappa shape index (κ2) is 11.6. The molecular formula is C25H31ClN2O2S. The van der Waals surface area contributed by atoms with Gasteiger partial charge in [-0.1, -0.05) is 66.4 Å². The first-order chi connectivity index (χ1) is 14.9. The van der Waals surface area contributed by atoms with Gasteiger partial charge < -0.3 is 10.2 Å². The van der Waals surface area contributed by atoms with Gasteiger partial charge in [0, 0.05) is 23.4 Å². The highest BCUT2D eigenvalue weighted by atomic mass is 35.5. The summed E-state index contributed by atoms with van der Waals surface area (Å²) in [4.78, 5) is 27.7. The molecule has 1 saturated carbocycles. The van der Waals surface area contributed by atoms with E-state index in [-0.39, 0.29) is 17.9 Å². The number of rotatable bonds is 9. The van der Waals surface area contributed by atoms with Crippen molar-refractivity contribution in [3.05, 3.63) is 70.2 Å². The topological polar surface area (TPSA) is 49.4 Å². The summed E-state index contributed by atoms with van der Waals surface area (Å²) in [6.07, 6.45) is 4.35. The van der Waals surface area contributed by atoms with Crippen LogP contribution in [0.15, 0.2) is 48.5 Å². The quantitative estimate of drug-likeness (QED) is 0.550. The average Bonchev–Trinajstić information content (AvgIpc) is 3.26. The Balaban J connectivity index is 1.65. The van der Waals surface area contributed by atoms with Crippen LogP contribution in [0.3, 0.4) is 0 Å². The largest absolute Gasteiger partial charge is 0.352 e. The fraction of sp³-hybridized carbons (Fsp3) is 0.440. The summed E-state index contributed by atoms with van der Waals surface area (Å²) in [5.74, 6) is 0.979. The second-order valence-corrected chi connectivity index (χ2v) is 9.72. The molecule has 1 fully saturated rings. The van der Waals surface area contributed by atoms with Crippen molar-refractivity contribution in [3.63, 3.8) is 0 Å². The van der Waals surface area contributed by atoms with Gasteiger partial charge >= 0.3 is 0 Å². The molecule has 0 aromatic heterocycles. The first-order valence-corrected chi connectivity index (χ1v) is 12.4. The Labute approximate surface area is 194 Å². The van der Waals surface area contributed by atoms with E-state index >= 15 is 0 Å². The standard InChI is InChI=1S/C25H31ClN2O2S/c1-18-10-12-20(13-11-18)16-31-17-24(29)28(15-21-6-5-7-22(26)14-21)19(2)25(30)27-23-8-3-4-9-23/h5-7,10-14,19,23H,3-4,8-9,15-17H2,1-2H3,(H,27,30)/t19-/m1/s1. The zero-order valence-electron chi connectivity index (χ0n) is 18.3. The zero-order valence-corrected chi connectivity index (χ0v) is 19.8. The van der Waals surface area contributed by atoms with Crippen molar-refractivity contribution in [1.82, 2.24) is 10.2 Å². The molecule has 2 aromatic rings. The fourth-order valence-corrected chi connectivity index (χ4v) is 4.91. The van der Waals surface area contributed by atoms with Crippen LogP contribution in [0, 0.1) is 6.92 Å². The Morgan fingerprint density at radius 2 is 1.84 bits per heavy atom. The highest BCUT2D eigenvalue weighted by Gasteiger charge is 2.28. The maximum atomic E-state index is 13.2. The van der Waals surface area contributed by atoms with Crippen LogP contribution in [-0.2, 0) is 21.9 Å². The predicted octanol–water partition coefficient (Wildman–Crippen LogP) is 5.36. The molecule has 2 aromatic carbocycles. The van der Waals surface area contributed by atoms with Crippen LogP contribution in [-0.4, -0.2) is 34.6 Å². The fourth-order valence-electron chi connectivity index (χ4n) is 3.83. The van der Waals surface area contributed by atoms with E-state index in [0.717, 1.165) is 37.0 Å². The molecule has 0 bridgehead atoms. The lowest BCUT2D eigenvalue weighted by Gasteiger charge is -2.29. The number of amides is 2. The molecule has 0 spiro atoms. The van der Waals surface area contributed by atoms with Gasteiger partial charge in [-0.15, -0.1) is 11.8 Å². The lowest BCUT2D eigenvalue weighted by atomic mass is 10.1. The third-order valence-electron chi connectivity index (χ3n) is 5.73. The van der Waals surface area contributed by atoms with E-state index in [9.17, 15) is 9.59 Å². The molecular weight excluding hydrogens is 428 g/mol. The lowest BCUT2D eigenvalue weighted by molar-refractivity contribution is -0.138. The molecule has 31 heavy (non-hydrogen) atoms. The maximum Gasteiger partial charge on any atom is 0.242 e. The minimum absolute atomic E-state index is 0.0360. The number of nitrogens with one attached hydrogen (secondary N) is 1. The Morgan fingerprint density at radius 3 is 2.52 bits per heavy atom. The van der Waals surface area contributed by atoms with Crippen molar-refractivity contribution in [2.75, 3.05) is 5.75 Å². The van der Waals surface area contributed by atoms with Crippen molar-refractivity contribution in [2.24, 2.45) is 0 Å². The number of benzene rings is 2. The molecule has 1 aliphatic rings. The molecule has 166 valence electrons. The first-order valence-electron chi connectivity index (χ1n) is 10.9. The number of hydrogen-bond acceptors (Lipinski definition) is 3. The van der Waals surface area contributed by atoms with Crippen LogP contribution in [0.2, 0.25) is 5.02 Å². The van der Waals surface area contributed by atoms with Gasteiger partial charge in [0.2, 0.25) is 11.8 Å². The highest BCUT2D eigenvalue weighted by molar-refractivity contribution is 7.99. The summed E-state index contributed by atoms with van der Waals surface area (Å²) < 4.78 is 0. The molecule has 2 amide bonds. The second-order valence-electron chi connectivity index (χ2n) is 8.30. The summed E-state index contributed by atoms with van der Waals surface area (Å²) in [5.41, 5.74) is 3.33. The van der Waals surface area contributed by atoms with Crippen molar-refractivity contribution in [2.45, 2.75) is 63.9 Å². The van der Waals surface area contributed by atoms with E-state index in [4.69, 9.17) is 11.6 Å². The molecule has 0 aliphatic heterocycles. The van der Waals surface area contributed by atoms with Gasteiger partial charge in [-0.2, -0.15) is 0 Å².